The molecule has 4 amide bonds. The third-order valence-corrected chi connectivity index (χ3v) is 17.2. The molecular formula is C53H63N9O8. The van der Waals surface area contributed by atoms with E-state index in [1.807, 2.05) is 134 Å². The van der Waals surface area contributed by atoms with E-state index in [1.165, 1.54) is 0 Å². The highest BCUT2D eigenvalue weighted by Crippen LogP contribution is 2.57. The number of rotatable bonds is 13. The Morgan fingerprint density at radius 2 is 1.13 bits per heavy atom. The van der Waals surface area contributed by atoms with E-state index in [0.29, 0.717) is 43.2 Å². The predicted molar refractivity (Wildman–Crippen MR) is 262 cm³/mol. The Kier molecular flexibility index (Phi) is 11.9. The molecule has 0 saturated carbocycles. The number of carbonyl (C=O) groups is 6. The standard InChI is InChI=1S/C53H63N9O8/c1-31-27-40(39-9-7-25-60(39)52(43(54)63,45(65)69-47(56)67)49(2)28-32-11-18-36(49)19-12-32)62(38-22-15-34(16-23-38)35-17-24-42(58-30-35)59(5)6)51(31,4)41-10-8-26-61(41)53(44(55)64,46(66)70-48(57)68)50(3)29-33-13-20-37(50)21-14-33/h11-24,30-31,39-41H,7-10,25-29H2,1-6H3,(H2,54,63)(H2,55,64)(H2,56,67)(H2,57,68)/t31?,39?,40?,41?,49?,50?,51-,52-,53-/m0/s1. The van der Waals surface area contributed by atoms with Gasteiger partial charge in [-0.2, -0.15) is 0 Å². The molecule has 3 fully saturated rings. The van der Waals surface area contributed by atoms with Gasteiger partial charge in [-0.05, 0) is 110 Å². The fourth-order valence-electron chi connectivity index (χ4n) is 14.0. The van der Waals surface area contributed by atoms with Crippen LogP contribution in [0.15, 0.2) is 91.1 Å². The fourth-order valence-corrected chi connectivity index (χ4v) is 14.0. The molecule has 70 heavy (non-hydrogen) atoms. The van der Waals surface area contributed by atoms with Crippen LogP contribution in [0.3, 0.4) is 0 Å². The summed E-state index contributed by atoms with van der Waals surface area (Å²) in [6, 6.07) is 25.7. The van der Waals surface area contributed by atoms with Gasteiger partial charge in [-0.15, -0.1) is 0 Å². The van der Waals surface area contributed by atoms with Crippen LogP contribution in [-0.2, 0) is 52.3 Å². The smallest absolute Gasteiger partial charge is 0.375 e. The number of carbonyl (C=O) groups excluding carboxylic acids is 6. The molecule has 4 heterocycles. The molecule has 9 atom stereocenters. The minimum Gasteiger partial charge on any atom is -0.375 e. The highest BCUT2D eigenvalue weighted by atomic mass is 16.6. The largest absolute Gasteiger partial charge is 0.412 e. The van der Waals surface area contributed by atoms with E-state index in [-0.39, 0.29) is 31.8 Å². The van der Waals surface area contributed by atoms with Crippen molar-refractivity contribution < 1.29 is 38.2 Å². The molecule has 4 aromatic rings. The molecule has 4 bridgehead atoms. The Morgan fingerprint density at radius 1 is 0.643 bits per heavy atom. The van der Waals surface area contributed by atoms with Crippen molar-refractivity contribution in [3.63, 3.8) is 0 Å². The van der Waals surface area contributed by atoms with Crippen molar-refractivity contribution >= 4 is 47.4 Å². The summed E-state index contributed by atoms with van der Waals surface area (Å²) in [6.45, 7) is 8.41. The summed E-state index contributed by atoms with van der Waals surface area (Å²) in [5.41, 5.74) is 22.1. The van der Waals surface area contributed by atoms with Crippen LogP contribution in [0.1, 0.15) is 82.1 Å². The number of anilines is 2. The molecule has 3 aromatic carbocycles. The number of benzene rings is 3. The molecule has 3 aliphatic heterocycles. The summed E-state index contributed by atoms with van der Waals surface area (Å²) in [5.74, 6) is -3.62. The summed E-state index contributed by atoms with van der Waals surface area (Å²) < 4.78 is 10.6. The van der Waals surface area contributed by atoms with E-state index < -0.39 is 81.5 Å². The Labute approximate surface area is 407 Å². The zero-order chi connectivity index (χ0) is 50.3. The van der Waals surface area contributed by atoms with Gasteiger partial charge >= 0.3 is 24.1 Å². The van der Waals surface area contributed by atoms with E-state index in [1.54, 1.807) is 0 Å². The van der Waals surface area contributed by atoms with Crippen molar-refractivity contribution in [3.05, 3.63) is 113 Å². The predicted octanol–water partition coefficient (Wildman–Crippen LogP) is 4.44. The molecule has 17 heteroatoms. The molecule has 11 rings (SSSR count). The van der Waals surface area contributed by atoms with Crippen molar-refractivity contribution in [1.29, 1.82) is 0 Å². The van der Waals surface area contributed by atoms with Gasteiger partial charge in [-0.1, -0.05) is 81.4 Å². The average molecular weight is 954 g/mol. The van der Waals surface area contributed by atoms with Crippen molar-refractivity contribution in [2.24, 2.45) is 28.9 Å². The SMILES string of the molecule is CC1CC(C2CCCN2[C@@](C(N)=O)(C(=O)OC(N)=O)C2(C)Cc3ccc2cc3)N(c2ccc(-c3ccc(N(C)C)nc3)cc2)[C@]1(C)C1CCCN1[C@@](C(N)=O)(C(=O)OC(N)=O)C1(C)Cc2ccc1cc2. The number of pyridine rings is 1. The number of fused-ring (bicyclic) bond motifs is 6. The molecular weight excluding hydrogens is 891 g/mol. The van der Waals surface area contributed by atoms with Crippen molar-refractivity contribution in [1.82, 2.24) is 14.8 Å². The molecule has 1 aromatic heterocycles. The van der Waals surface area contributed by atoms with Crippen molar-refractivity contribution in [2.75, 3.05) is 37.0 Å². The maximum atomic E-state index is 15.0. The van der Waals surface area contributed by atoms with Gasteiger partial charge in [0.1, 0.15) is 5.82 Å². The quantitative estimate of drug-likeness (QED) is 0.107. The zero-order valence-electron chi connectivity index (χ0n) is 40.6. The van der Waals surface area contributed by atoms with Crippen LogP contribution in [0.5, 0.6) is 0 Å². The third-order valence-electron chi connectivity index (χ3n) is 17.2. The van der Waals surface area contributed by atoms with Crippen LogP contribution in [0.2, 0.25) is 0 Å². The molecule has 7 aliphatic rings. The second-order valence-electron chi connectivity index (χ2n) is 20.9. The van der Waals surface area contributed by atoms with Crippen LogP contribution in [0.4, 0.5) is 21.1 Å². The number of hydrogen-bond acceptors (Lipinski definition) is 13. The van der Waals surface area contributed by atoms with Gasteiger partial charge in [-0.25, -0.2) is 24.2 Å². The first-order valence-corrected chi connectivity index (χ1v) is 24.0. The normalized spacial score (nSPS) is 28.7. The lowest BCUT2D eigenvalue weighted by Gasteiger charge is -2.58. The summed E-state index contributed by atoms with van der Waals surface area (Å²) >= 11 is 0. The van der Waals surface area contributed by atoms with Gasteiger partial charge in [-0.3, -0.25) is 19.4 Å². The summed E-state index contributed by atoms with van der Waals surface area (Å²) in [4.78, 5) is 97.1. The highest BCUT2D eigenvalue weighted by molar-refractivity contribution is 6.12. The van der Waals surface area contributed by atoms with Gasteiger partial charge in [0.2, 0.25) is 11.1 Å². The number of nitrogens with two attached hydrogens (primary N) is 4. The Bertz CT molecular complexity index is 2750. The second-order valence-corrected chi connectivity index (χ2v) is 20.9. The zero-order valence-corrected chi connectivity index (χ0v) is 40.6. The molecule has 8 N–H and O–H groups in total. The maximum Gasteiger partial charge on any atom is 0.412 e. The van der Waals surface area contributed by atoms with E-state index >= 15 is 0 Å². The number of ether oxygens (including phenoxy) is 2. The first-order valence-electron chi connectivity index (χ1n) is 24.0. The number of aromatic nitrogens is 1. The van der Waals surface area contributed by atoms with Crippen LogP contribution in [-0.4, -0.2) is 113 Å². The van der Waals surface area contributed by atoms with Gasteiger partial charge in [0.25, 0.3) is 11.8 Å². The van der Waals surface area contributed by atoms with E-state index in [4.69, 9.17) is 32.4 Å². The monoisotopic (exact) mass is 953 g/mol. The van der Waals surface area contributed by atoms with Crippen molar-refractivity contribution in [2.45, 2.75) is 118 Å². The fraction of sp³-hybridized carbons (Fsp3) is 0.453. The van der Waals surface area contributed by atoms with Gasteiger partial charge in [0.15, 0.2) is 0 Å². The number of primary amides is 4. The van der Waals surface area contributed by atoms with E-state index in [0.717, 1.165) is 33.8 Å². The third kappa shape index (κ3) is 6.89. The number of nitrogens with zero attached hydrogens (tertiary/aromatic N) is 5. The number of likely N-dealkylation sites (tertiary alicyclic amines) is 2. The van der Waals surface area contributed by atoms with Crippen LogP contribution < -0.4 is 32.7 Å². The number of esters is 2. The van der Waals surface area contributed by atoms with Crippen LogP contribution in [0.25, 0.3) is 11.1 Å². The molecule has 3 saturated heterocycles. The Morgan fingerprint density at radius 3 is 1.57 bits per heavy atom. The van der Waals surface area contributed by atoms with Gasteiger partial charge in [0, 0.05) is 73.6 Å². The van der Waals surface area contributed by atoms with E-state index in [2.05, 4.69) is 23.7 Å². The molecule has 368 valence electrons. The first kappa shape index (κ1) is 48.2. The maximum absolute atomic E-state index is 15.0. The lowest BCUT2D eigenvalue weighted by atomic mass is 9.58. The van der Waals surface area contributed by atoms with E-state index in [9.17, 15) is 28.8 Å². The first-order chi connectivity index (χ1) is 33.2. The highest BCUT2D eigenvalue weighted by Gasteiger charge is 2.72. The molecule has 0 radical (unpaired) electrons. The lowest BCUT2D eigenvalue weighted by molar-refractivity contribution is -0.167. The lowest BCUT2D eigenvalue weighted by Crippen LogP contribution is -2.78. The topological polar surface area (TPSA) is 251 Å². The molecule has 0 spiro atoms. The Balaban J connectivity index is 1.23. The molecule has 4 aliphatic carbocycles. The summed E-state index contributed by atoms with van der Waals surface area (Å²) in [7, 11) is 3.86. The Hall–Kier alpha value is -6.85. The molecule has 17 nitrogen and oxygen atoms in total. The van der Waals surface area contributed by atoms with Crippen molar-refractivity contribution in [3.8, 4) is 11.1 Å². The minimum absolute atomic E-state index is 0.208. The number of amides is 4. The summed E-state index contributed by atoms with van der Waals surface area (Å²) in [6.07, 6.45) is 2.30. The minimum atomic E-state index is -2.22. The molecule has 6 unspecified atom stereocenters. The summed E-state index contributed by atoms with van der Waals surface area (Å²) in [5, 5.41) is 0. The second kappa shape index (κ2) is 17.2. The van der Waals surface area contributed by atoms with Crippen LogP contribution >= 0.6 is 0 Å². The number of hydrogen-bond donors (Lipinski definition) is 4. The van der Waals surface area contributed by atoms with Gasteiger partial charge in [0.05, 0.1) is 5.54 Å². The van der Waals surface area contributed by atoms with Crippen LogP contribution in [0, 0.1) is 5.92 Å². The van der Waals surface area contributed by atoms with Gasteiger partial charge < -0.3 is 42.2 Å². The average Bonchev–Trinajstić information content (AvgIpc) is 4.06.